The van der Waals surface area contributed by atoms with Crippen molar-refractivity contribution in [2.24, 2.45) is 11.3 Å². The second-order valence-corrected chi connectivity index (χ2v) is 6.04. The zero-order valence-corrected chi connectivity index (χ0v) is 11.6. The molecule has 0 radical (unpaired) electrons. The summed E-state index contributed by atoms with van der Waals surface area (Å²) in [4.78, 5) is 12.1. The average molecular weight is 254 g/mol. The fraction of sp³-hybridized carbons (Fsp3) is 0.929. The highest BCUT2D eigenvalue weighted by Gasteiger charge is 2.42. The van der Waals surface area contributed by atoms with Gasteiger partial charge in [0.2, 0.25) is 5.91 Å². The number of ether oxygens (including phenoxy) is 1. The van der Waals surface area contributed by atoms with Gasteiger partial charge in [-0.1, -0.05) is 0 Å². The number of carbonyl (C=O) groups is 1. The van der Waals surface area contributed by atoms with E-state index in [1.54, 1.807) is 7.11 Å². The molecule has 1 heterocycles. The summed E-state index contributed by atoms with van der Waals surface area (Å²) >= 11 is 0. The molecule has 1 aliphatic heterocycles. The summed E-state index contributed by atoms with van der Waals surface area (Å²) in [5, 5.41) is 6.55. The van der Waals surface area contributed by atoms with Gasteiger partial charge < -0.3 is 15.4 Å². The minimum Gasteiger partial charge on any atom is -0.385 e. The third kappa shape index (κ3) is 3.69. The SMILES string of the molecule is COCCC1(CNC(=O)C2CCNC(C)C2)CC1. The third-order valence-electron chi connectivity index (χ3n) is 4.43. The molecular formula is C14H26N2O2. The number of methoxy groups -OCH3 is 1. The monoisotopic (exact) mass is 254 g/mol. The maximum absolute atomic E-state index is 12.1. The Bertz CT molecular complexity index is 290. The fourth-order valence-electron chi connectivity index (χ4n) is 2.80. The maximum Gasteiger partial charge on any atom is 0.223 e. The molecule has 0 aromatic rings. The van der Waals surface area contributed by atoms with Gasteiger partial charge >= 0.3 is 0 Å². The van der Waals surface area contributed by atoms with Crippen LogP contribution in [0.2, 0.25) is 0 Å². The molecule has 18 heavy (non-hydrogen) atoms. The van der Waals surface area contributed by atoms with E-state index in [1.165, 1.54) is 12.8 Å². The van der Waals surface area contributed by atoms with E-state index in [4.69, 9.17) is 4.74 Å². The van der Waals surface area contributed by atoms with Gasteiger partial charge in [0.25, 0.3) is 0 Å². The molecule has 1 aliphatic carbocycles. The molecule has 0 aromatic carbocycles. The Morgan fingerprint density at radius 3 is 2.89 bits per heavy atom. The van der Waals surface area contributed by atoms with E-state index in [1.807, 2.05) is 0 Å². The van der Waals surface area contributed by atoms with Crippen LogP contribution < -0.4 is 10.6 Å². The van der Waals surface area contributed by atoms with Crippen LogP contribution in [0.3, 0.4) is 0 Å². The summed E-state index contributed by atoms with van der Waals surface area (Å²) < 4.78 is 5.13. The van der Waals surface area contributed by atoms with Gasteiger partial charge in [-0.25, -0.2) is 0 Å². The number of piperidine rings is 1. The number of amides is 1. The number of carbonyl (C=O) groups excluding carboxylic acids is 1. The number of rotatable bonds is 6. The minimum absolute atomic E-state index is 0.208. The van der Waals surface area contributed by atoms with Gasteiger partial charge in [-0.15, -0.1) is 0 Å². The van der Waals surface area contributed by atoms with Crippen LogP contribution in [0.15, 0.2) is 0 Å². The van der Waals surface area contributed by atoms with Crippen LogP contribution in [-0.4, -0.2) is 38.8 Å². The molecule has 4 nitrogen and oxygen atoms in total. The van der Waals surface area contributed by atoms with E-state index in [2.05, 4.69) is 17.6 Å². The van der Waals surface area contributed by atoms with E-state index in [-0.39, 0.29) is 11.8 Å². The molecule has 2 fully saturated rings. The third-order valence-corrected chi connectivity index (χ3v) is 4.43. The van der Waals surface area contributed by atoms with Crippen molar-refractivity contribution < 1.29 is 9.53 Å². The predicted molar refractivity (Wildman–Crippen MR) is 71.4 cm³/mol. The van der Waals surface area contributed by atoms with E-state index < -0.39 is 0 Å². The van der Waals surface area contributed by atoms with Crippen LogP contribution in [0.1, 0.15) is 39.0 Å². The second kappa shape index (κ2) is 6.02. The van der Waals surface area contributed by atoms with Crippen LogP contribution in [0.5, 0.6) is 0 Å². The van der Waals surface area contributed by atoms with Crippen molar-refractivity contribution in [2.75, 3.05) is 26.8 Å². The first-order chi connectivity index (χ1) is 8.65. The van der Waals surface area contributed by atoms with E-state index in [0.717, 1.165) is 39.0 Å². The summed E-state index contributed by atoms with van der Waals surface area (Å²) in [5.41, 5.74) is 0.351. The Labute approximate surface area is 110 Å². The van der Waals surface area contributed by atoms with Crippen molar-refractivity contribution in [3.8, 4) is 0 Å². The van der Waals surface area contributed by atoms with Gasteiger partial charge in [-0.05, 0) is 51.0 Å². The van der Waals surface area contributed by atoms with Gasteiger partial charge in [0, 0.05) is 32.2 Å². The first-order valence-electron chi connectivity index (χ1n) is 7.15. The molecule has 2 rings (SSSR count). The van der Waals surface area contributed by atoms with Crippen LogP contribution in [0.4, 0.5) is 0 Å². The van der Waals surface area contributed by atoms with Crippen LogP contribution >= 0.6 is 0 Å². The second-order valence-electron chi connectivity index (χ2n) is 6.04. The molecule has 0 spiro atoms. The Morgan fingerprint density at radius 1 is 1.50 bits per heavy atom. The largest absolute Gasteiger partial charge is 0.385 e. The first-order valence-corrected chi connectivity index (χ1v) is 7.15. The fourth-order valence-corrected chi connectivity index (χ4v) is 2.80. The predicted octanol–water partition coefficient (Wildman–Crippen LogP) is 1.31. The molecule has 4 heteroatoms. The summed E-state index contributed by atoms with van der Waals surface area (Å²) in [6, 6.07) is 0.470. The van der Waals surface area contributed by atoms with Crippen LogP contribution in [0.25, 0.3) is 0 Å². The molecule has 2 unspecified atom stereocenters. The lowest BCUT2D eigenvalue weighted by atomic mass is 9.92. The highest BCUT2D eigenvalue weighted by Crippen LogP contribution is 2.48. The van der Waals surface area contributed by atoms with Crippen LogP contribution in [-0.2, 0) is 9.53 Å². The van der Waals surface area contributed by atoms with E-state index >= 15 is 0 Å². The molecule has 0 aromatic heterocycles. The van der Waals surface area contributed by atoms with Gasteiger partial charge in [-0.2, -0.15) is 0 Å². The highest BCUT2D eigenvalue weighted by molar-refractivity contribution is 5.78. The smallest absolute Gasteiger partial charge is 0.223 e. The Balaban J connectivity index is 1.71. The molecule has 104 valence electrons. The lowest BCUT2D eigenvalue weighted by Gasteiger charge is -2.27. The van der Waals surface area contributed by atoms with Crippen molar-refractivity contribution >= 4 is 5.91 Å². The number of hydrogen-bond donors (Lipinski definition) is 2. The normalized spacial score (nSPS) is 29.9. The zero-order chi connectivity index (χ0) is 13.0. The molecule has 1 amide bonds. The van der Waals surface area contributed by atoms with Gasteiger partial charge in [-0.3, -0.25) is 4.79 Å². The first kappa shape index (κ1) is 13.8. The molecular weight excluding hydrogens is 228 g/mol. The average Bonchev–Trinajstić information content (AvgIpc) is 3.14. The van der Waals surface area contributed by atoms with Crippen molar-refractivity contribution in [1.29, 1.82) is 0 Å². The lowest BCUT2D eigenvalue weighted by Crippen LogP contribution is -2.43. The van der Waals surface area contributed by atoms with Gasteiger partial charge in [0.1, 0.15) is 0 Å². The summed E-state index contributed by atoms with van der Waals surface area (Å²) in [6.07, 6.45) is 5.49. The van der Waals surface area contributed by atoms with Crippen LogP contribution in [0, 0.1) is 11.3 Å². The molecule has 1 saturated carbocycles. The highest BCUT2D eigenvalue weighted by atomic mass is 16.5. The van der Waals surface area contributed by atoms with E-state index in [0.29, 0.717) is 11.5 Å². The summed E-state index contributed by atoms with van der Waals surface area (Å²) in [6.45, 7) is 4.77. The van der Waals surface area contributed by atoms with Crippen molar-refractivity contribution in [3.63, 3.8) is 0 Å². The van der Waals surface area contributed by atoms with E-state index in [9.17, 15) is 4.79 Å². The van der Waals surface area contributed by atoms with Gasteiger partial charge in [0.05, 0.1) is 0 Å². The topological polar surface area (TPSA) is 50.4 Å². The van der Waals surface area contributed by atoms with Crippen molar-refractivity contribution in [2.45, 2.75) is 45.1 Å². The quantitative estimate of drug-likeness (QED) is 0.751. The Kier molecular flexibility index (Phi) is 4.62. The minimum atomic E-state index is 0.208. The maximum atomic E-state index is 12.1. The Morgan fingerprint density at radius 2 is 2.28 bits per heavy atom. The molecule has 2 atom stereocenters. The molecule has 0 bridgehead atoms. The lowest BCUT2D eigenvalue weighted by molar-refractivity contribution is -0.126. The van der Waals surface area contributed by atoms with Gasteiger partial charge in [0.15, 0.2) is 0 Å². The molecule has 2 aliphatic rings. The molecule has 1 saturated heterocycles. The summed E-state index contributed by atoms with van der Waals surface area (Å²) in [5.74, 6) is 0.464. The zero-order valence-electron chi connectivity index (χ0n) is 11.6. The number of nitrogens with one attached hydrogen (secondary N) is 2. The summed E-state index contributed by atoms with van der Waals surface area (Å²) in [7, 11) is 1.74. The van der Waals surface area contributed by atoms with Crippen molar-refractivity contribution in [1.82, 2.24) is 10.6 Å². The number of hydrogen-bond acceptors (Lipinski definition) is 3. The molecule has 2 N–H and O–H groups in total. The Hall–Kier alpha value is -0.610. The van der Waals surface area contributed by atoms with Crippen molar-refractivity contribution in [3.05, 3.63) is 0 Å². The standard InChI is InChI=1S/C14H26N2O2/c1-11-9-12(3-7-15-11)13(17)16-10-14(4-5-14)6-8-18-2/h11-12,15H,3-10H2,1-2H3,(H,16,17).